The Kier molecular flexibility index (Phi) is 3.21. The lowest BCUT2D eigenvalue weighted by Crippen LogP contribution is -2.44. The topological polar surface area (TPSA) is 97.9 Å². The molecule has 0 unspecified atom stereocenters. The fraction of sp³-hybridized carbons (Fsp3) is 0.471. The minimum Gasteiger partial charge on any atom is -0.382 e. The number of hydrogen-bond donors (Lipinski definition) is 2. The molecule has 8 nitrogen and oxygen atoms in total. The molecule has 0 spiro atoms. The number of nitrogens with zero attached hydrogens (tertiary/aromatic N) is 5. The predicted molar refractivity (Wildman–Crippen MR) is 95.0 cm³/mol. The van der Waals surface area contributed by atoms with E-state index in [-0.39, 0.29) is 0 Å². The molecule has 8 heteroatoms. The fourth-order valence-corrected chi connectivity index (χ4v) is 3.62. The molecule has 1 saturated carbocycles. The first-order valence-electron chi connectivity index (χ1n) is 8.75. The molecule has 1 atom stereocenters. The van der Waals surface area contributed by atoms with Gasteiger partial charge in [-0.05, 0) is 37.3 Å². The summed E-state index contributed by atoms with van der Waals surface area (Å²) >= 11 is 0. The Balaban J connectivity index is 1.73. The van der Waals surface area contributed by atoms with Gasteiger partial charge in [0.2, 0.25) is 0 Å². The summed E-state index contributed by atoms with van der Waals surface area (Å²) in [6, 6.07) is 4.37. The predicted octanol–water partition coefficient (Wildman–Crippen LogP) is 1.83. The van der Waals surface area contributed by atoms with Crippen LogP contribution < -0.4 is 10.6 Å². The summed E-state index contributed by atoms with van der Waals surface area (Å²) in [6.07, 6.45) is 4.10. The van der Waals surface area contributed by atoms with Gasteiger partial charge < -0.3 is 15.4 Å². The number of hydrogen-bond acceptors (Lipinski definition) is 6. The SMILES string of the molecule is C[C@@H]1COCCN1c1cc(C2CC2)c2c(N)nn(-c3ccn[nH]3)c2n1. The largest absolute Gasteiger partial charge is 0.382 e. The molecule has 1 aliphatic heterocycles. The molecule has 2 aliphatic rings. The van der Waals surface area contributed by atoms with Crippen molar-refractivity contribution < 1.29 is 4.74 Å². The van der Waals surface area contributed by atoms with Gasteiger partial charge in [0.05, 0.1) is 30.8 Å². The lowest BCUT2D eigenvalue weighted by atomic mass is 10.1. The zero-order valence-corrected chi connectivity index (χ0v) is 14.1. The highest BCUT2D eigenvalue weighted by atomic mass is 16.5. The molecular weight excluding hydrogens is 318 g/mol. The normalized spacial score (nSPS) is 21.2. The van der Waals surface area contributed by atoms with Crippen LogP contribution in [0.4, 0.5) is 11.6 Å². The molecule has 3 aromatic heterocycles. The Morgan fingerprint density at radius 3 is 2.96 bits per heavy atom. The van der Waals surface area contributed by atoms with E-state index in [2.05, 4.69) is 33.2 Å². The van der Waals surface area contributed by atoms with Crippen LogP contribution >= 0.6 is 0 Å². The summed E-state index contributed by atoms with van der Waals surface area (Å²) in [7, 11) is 0. The van der Waals surface area contributed by atoms with Crippen molar-refractivity contribution in [1.29, 1.82) is 0 Å². The fourth-order valence-electron chi connectivity index (χ4n) is 3.62. The monoisotopic (exact) mass is 339 g/mol. The summed E-state index contributed by atoms with van der Waals surface area (Å²) in [5, 5.41) is 12.5. The van der Waals surface area contributed by atoms with E-state index in [1.807, 2.05) is 6.07 Å². The van der Waals surface area contributed by atoms with Crippen molar-refractivity contribution in [2.24, 2.45) is 0 Å². The molecule has 0 bridgehead atoms. The first-order valence-corrected chi connectivity index (χ1v) is 8.75. The third kappa shape index (κ3) is 2.36. The molecule has 3 N–H and O–H groups in total. The highest BCUT2D eigenvalue weighted by molar-refractivity contribution is 5.92. The maximum atomic E-state index is 6.27. The third-order valence-corrected chi connectivity index (χ3v) is 5.08. The Bertz CT molecular complexity index is 913. The van der Waals surface area contributed by atoms with Crippen LogP contribution in [0.3, 0.4) is 0 Å². The number of aromatic amines is 1. The molecule has 1 aliphatic carbocycles. The maximum Gasteiger partial charge on any atom is 0.169 e. The summed E-state index contributed by atoms with van der Waals surface area (Å²) in [6.45, 7) is 4.46. The number of aromatic nitrogens is 5. The van der Waals surface area contributed by atoms with Gasteiger partial charge in [-0.15, -0.1) is 5.10 Å². The first kappa shape index (κ1) is 14.7. The molecule has 25 heavy (non-hydrogen) atoms. The highest BCUT2D eigenvalue weighted by Crippen LogP contribution is 2.45. The molecule has 3 aromatic rings. The average molecular weight is 339 g/mol. The van der Waals surface area contributed by atoms with E-state index in [9.17, 15) is 0 Å². The molecule has 2 fully saturated rings. The van der Waals surface area contributed by atoms with E-state index >= 15 is 0 Å². The van der Waals surface area contributed by atoms with Crippen molar-refractivity contribution in [3.63, 3.8) is 0 Å². The second-order valence-corrected chi connectivity index (χ2v) is 6.90. The van der Waals surface area contributed by atoms with Crippen LogP contribution in [0.1, 0.15) is 31.2 Å². The summed E-state index contributed by atoms with van der Waals surface area (Å²) in [4.78, 5) is 7.25. The number of morpholine rings is 1. The van der Waals surface area contributed by atoms with E-state index in [1.54, 1.807) is 10.9 Å². The van der Waals surface area contributed by atoms with E-state index in [0.29, 0.717) is 17.8 Å². The molecule has 0 aromatic carbocycles. The summed E-state index contributed by atoms with van der Waals surface area (Å²) < 4.78 is 7.34. The van der Waals surface area contributed by atoms with E-state index < -0.39 is 0 Å². The zero-order chi connectivity index (χ0) is 17.0. The number of rotatable bonds is 3. The van der Waals surface area contributed by atoms with Gasteiger partial charge in [0.25, 0.3) is 0 Å². The minimum atomic E-state index is 0.298. The maximum absolute atomic E-state index is 6.27. The van der Waals surface area contributed by atoms with Gasteiger partial charge in [-0.25, -0.2) is 4.98 Å². The number of ether oxygens (including phenoxy) is 1. The number of nitrogens with one attached hydrogen (secondary N) is 1. The van der Waals surface area contributed by atoms with Gasteiger partial charge in [-0.2, -0.15) is 9.78 Å². The number of fused-ring (bicyclic) bond motifs is 1. The summed E-state index contributed by atoms with van der Waals surface area (Å²) in [5.41, 5.74) is 8.32. The van der Waals surface area contributed by atoms with Gasteiger partial charge in [-0.3, -0.25) is 5.10 Å². The Labute approximate surface area is 145 Å². The van der Waals surface area contributed by atoms with Crippen LogP contribution in [-0.2, 0) is 4.74 Å². The first-order chi connectivity index (χ1) is 12.2. The number of H-pyrrole nitrogens is 1. The van der Waals surface area contributed by atoms with Crippen LogP contribution in [0.5, 0.6) is 0 Å². The van der Waals surface area contributed by atoms with Crippen LogP contribution in [0.2, 0.25) is 0 Å². The van der Waals surface area contributed by atoms with Gasteiger partial charge in [0.15, 0.2) is 17.3 Å². The number of nitrogens with two attached hydrogens (primary N) is 1. The van der Waals surface area contributed by atoms with Crippen molar-refractivity contribution in [3.05, 3.63) is 23.9 Å². The van der Waals surface area contributed by atoms with Gasteiger partial charge in [0, 0.05) is 12.6 Å². The van der Waals surface area contributed by atoms with Gasteiger partial charge in [-0.1, -0.05) is 0 Å². The Morgan fingerprint density at radius 2 is 2.24 bits per heavy atom. The van der Waals surface area contributed by atoms with E-state index in [4.69, 9.17) is 15.5 Å². The van der Waals surface area contributed by atoms with Crippen molar-refractivity contribution >= 4 is 22.7 Å². The lowest BCUT2D eigenvalue weighted by molar-refractivity contribution is 0.0985. The van der Waals surface area contributed by atoms with E-state index in [0.717, 1.165) is 42.4 Å². The minimum absolute atomic E-state index is 0.298. The van der Waals surface area contributed by atoms with Gasteiger partial charge >= 0.3 is 0 Å². The molecule has 5 rings (SSSR count). The van der Waals surface area contributed by atoms with E-state index in [1.165, 1.54) is 18.4 Å². The number of nitrogen functional groups attached to an aromatic ring is 1. The second-order valence-electron chi connectivity index (χ2n) is 6.90. The molecule has 130 valence electrons. The molecule has 0 amide bonds. The van der Waals surface area contributed by atoms with Crippen LogP contribution in [0.15, 0.2) is 18.3 Å². The van der Waals surface area contributed by atoms with Crippen molar-refractivity contribution in [1.82, 2.24) is 25.0 Å². The molecule has 4 heterocycles. The quantitative estimate of drug-likeness (QED) is 0.755. The van der Waals surface area contributed by atoms with Crippen LogP contribution in [-0.4, -0.2) is 50.8 Å². The molecule has 1 saturated heterocycles. The number of pyridine rings is 1. The van der Waals surface area contributed by atoms with Crippen LogP contribution in [0, 0.1) is 0 Å². The lowest BCUT2D eigenvalue weighted by Gasteiger charge is -2.34. The standard InChI is InChI=1S/C17H21N7O/c1-10-9-25-7-6-23(10)14-8-12(11-2-3-11)15-16(18)22-24(17(15)20-14)13-4-5-19-21-13/h4-5,8,10-11H,2-3,6-7,9H2,1H3,(H2,18,22)(H,19,21)/t10-/m1/s1. The third-order valence-electron chi connectivity index (χ3n) is 5.08. The smallest absolute Gasteiger partial charge is 0.169 e. The van der Waals surface area contributed by atoms with Crippen molar-refractivity contribution in [2.45, 2.75) is 31.7 Å². The Hall–Kier alpha value is -2.61. The number of anilines is 2. The molecular formula is C17H21N7O. The van der Waals surface area contributed by atoms with Crippen molar-refractivity contribution in [2.75, 3.05) is 30.4 Å². The second kappa shape index (κ2) is 5.45. The van der Waals surface area contributed by atoms with Crippen molar-refractivity contribution in [3.8, 4) is 5.82 Å². The Morgan fingerprint density at radius 1 is 1.36 bits per heavy atom. The molecule has 0 radical (unpaired) electrons. The highest BCUT2D eigenvalue weighted by Gasteiger charge is 2.31. The average Bonchev–Trinajstić information content (AvgIpc) is 3.22. The van der Waals surface area contributed by atoms with Crippen LogP contribution in [0.25, 0.3) is 16.9 Å². The van der Waals surface area contributed by atoms with Gasteiger partial charge in [0.1, 0.15) is 5.82 Å². The summed E-state index contributed by atoms with van der Waals surface area (Å²) in [5.74, 6) is 2.83. The zero-order valence-electron chi connectivity index (χ0n) is 14.1.